The van der Waals surface area contributed by atoms with Gasteiger partial charge in [0.15, 0.2) is 0 Å². The van der Waals surface area contributed by atoms with Gasteiger partial charge in [0.05, 0.1) is 22.1 Å². The Morgan fingerprint density at radius 3 is 1.09 bits per heavy atom. The molecular formula is C64H38N4. The van der Waals surface area contributed by atoms with Crippen molar-refractivity contribution in [3.05, 3.63) is 231 Å². The summed E-state index contributed by atoms with van der Waals surface area (Å²) in [5, 5.41) is 19.2. The van der Waals surface area contributed by atoms with Crippen molar-refractivity contribution in [3.63, 3.8) is 0 Å². The zero-order valence-corrected chi connectivity index (χ0v) is 36.7. The van der Waals surface area contributed by atoms with Crippen molar-refractivity contribution in [1.82, 2.24) is 19.1 Å². The lowest BCUT2D eigenvalue weighted by Gasteiger charge is -2.18. The minimum atomic E-state index is 1.12. The van der Waals surface area contributed by atoms with Gasteiger partial charge in [-0.2, -0.15) is 0 Å². The molecule has 11 aromatic carbocycles. The maximum Gasteiger partial charge on any atom is 0.0547 e. The van der Waals surface area contributed by atoms with E-state index in [1.54, 1.807) is 0 Å². The Morgan fingerprint density at radius 1 is 0.235 bits per heavy atom. The van der Waals surface area contributed by atoms with Crippen LogP contribution in [0, 0.1) is 0 Å². The predicted molar refractivity (Wildman–Crippen MR) is 287 cm³/mol. The number of hydrogen-bond acceptors (Lipinski definition) is 2. The molecule has 0 aliphatic rings. The number of para-hydroxylation sites is 4. The highest BCUT2D eigenvalue weighted by atomic mass is 15.0. The second-order valence-corrected chi connectivity index (χ2v) is 18.1. The van der Waals surface area contributed by atoms with E-state index in [0.717, 1.165) is 33.3 Å². The molecule has 0 N–H and O–H groups in total. The summed E-state index contributed by atoms with van der Waals surface area (Å²) in [6.07, 6.45) is 8.10. The molecular weight excluding hydrogens is 825 g/mol. The third-order valence-electron chi connectivity index (χ3n) is 14.6. The Hall–Kier alpha value is -9.12. The first kappa shape index (κ1) is 37.1. The molecule has 15 aromatic rings. The number of benzene rings is 11. The summed E-state index contributed by atoms with van der Waals surface area (Å²) in [6, 6.07) is 75.8. The highest BCUT2D eigenvalue weighted by molar-refractivity contribution is 6.34. The molecule has 0 atom stereocenters. The second kappa shape index (κ2) is 14.2. The lowest BCUT2D eigenvalue weighted by molar-refractivity contribution is 1.18. The van der Waals surface area contributed by atoms with Crippen molar-refractivity contribution < 1.29 is 0 Å². The smallest absolute Gasteiger partial charge is 0.0547 e. The van der Waals surface area contributed by atoms with Crippen LogP contribution in [0.3, 0.4) is 0 Å². The van der Waals surface area contributed by atoms with Gasteiger partial charge in [0.25, 0.3) is 0 Å². The highest BCUT2D eigenvalue weighted by Crippen LogP contribution is 2.49. The molecule has 15 rings (SSSR count). The van der Waals surface area contributed by atoms with Gasteiger partial charge in [-0.25, -0.2) is 0 Å². The Kier molecular flexibility index (Phi) is 7.75. The molecule has 314 valence electrons. The second-order valence-electron chi connectivity index (χ2n) is 18.1. The van der Waals surface area contributed by atoms with Crippen molar-refractivity contribution in [2.45, 2.75) is 0 Å². The molecule has 4 heteroatoms. The first-order valence-corrected chi connectivity index (χ1v) is 23.3. The zero-order chi connectivity index (χ0) is 44.5. The van der Waals surface area contributed by atoms with Crippen molar-refractivity contribution in [2.75, 3.05) is 0 Å². The first-order valence-electron chi connectivity index (χ1n) is 23.3. The fourth-order valence-corrected chi connectivity index (χ4v) is 11.7. The van der Waals surface area contributed by atoms with Crippen LogP contribution in [-0.2, 0) is 0 Å². The van der Waals surface area contributed by atoms with Gasteiger partial charge in [0.2, 0.25) is 0 Å². The monoisotopic (exact) mass is 862 g/mol. The maximum absolute atomic E-state index is 4.89. The van der Waals surface area contributed by atoms with Gasteiger partial charge in [0.1, 0.15) is 0 Å². The van der Waals surface area contributed by atoms with E-state index < -0.39 is 0 Å². The fraction of sp³-hybridized carbons (Fsp3) is 0. The van der Waals surface area contributed by atoms with E-state index in [1.807, 2.05) is 12.4 Å². The topological polar surface area (TPSA) is 35.6 Å². The highest BCUT2D eigenvalue weighted by Gasteiger charge is 2.23. The molecule has 68 heavy (non-hydrogen) atoms. The average Bonchev–Trinajstić information content (AvgIpc) is 3.93. The van der Waals surface area contributed by atoms with Crippen LogP contribution in [0.2, 0.25) is 0 Å². The minimum Gasteiger partial charge on any atom is -0.309 e. The van der Waals surface area contributed by atoms with Gasteiger partial charge in [-0.05, 0) is 127 Å². The average molecular weight is 863 g/mol. The molecule has 0 fully saturated rings. The molecule has 0 amide bonds. The Bertz CT molecular complexity index is 4290. The molecule has 0 aliphatic carbocycles. The van der Waals surface area contributed by atoms with Crippen LogP contribution in [0.4, 0.5) is 0 Å². The summed E-state index contributed by atoms with van der Waals surface area (Å²) >= 11 is 0. The number of aromatic nitrogens is 4. The number of hydrogen-bond donors (Lipinski definition) is 0. The van der Waals surface area contributed by atoms with Crippen molar-refractivity contribution in [1.29, 1.82) is 0 Å². The normalized spacial score (nSPS) is 12.1. The lowest BCUT2D eigenvalue weighted by atomic mass is 9.86. The van der Waals surface area contributed by atoms with E-state index in [0.29, 0.717) is 0 Å². The van der Waals surface area contributed by atoms with E-state index in [1.165, 1.54) is 109 Å². The number of fused-ring (bicyclic) bond motifs is 16. The van der Waals surface area contributed by atoms with Gasteiger partial charge < -0.3 is 9.13 Å². The van der Waals surface area contributed by atoms with Crippen LogP contribution < -0.4 is 0 Å². The fourth-order valence-electron chi connectivity index (χ4n) is 11.7. The maximum atomic E-state index is 4.89. The third kappa shape index (κ3) is 5.20. The summed E-state index contributed by atoms with van der Waals surface area (Å²) in [4.78, 5) is 9.78. The molecule has 0 spiro atoms. The van der Waals surface area contributed by atoms with Gasteiger partial charge in [-0.1, -0.05) is 133 Å². The number of rotatable bonds is 4. The SMILES string of the molecule is c1ccc(-n2c3ccccc3c3c4c(-c5cncc6ccccc56)cc5cc6c(cc(-c7cncc8ccccc78)c7c6ccc6c7c7ccccc7n6-c6ccccc6)cc5c4ccc32)cc1. The summed E-state index contributed by atoms with van der Waals surface area (Å²) in [6.45, 7) is 0. The third-order valence-corrected chi connectivity index (χ3v) is 14.6. The summed E-state index contributed by atoms with van der Waals surface area (Å²) < 4.78 is 4.85. The number of nitrogens with zero attached hydrogens (tertiary/aromatic N) is 4. The molecule has 0 radical (unpaired) electrons. The van der Waals surface area contributed by atoms with Gasteiger partial charge in [-0.15, -0.1) is 0 Å². The van der Waals surface area contributed by atoms with Gasteiger partial charge in [-0.3, -0.25) is 9.97 Å². The summed E-state index contributed by atoms with van der Waals surface area (Å²) in [7, 11) is 0. The van der Waals surface area contributed by atoms with Crippen molar-refractivity contribution in [3.8, 4) is 33.6 Å². The first-order chi connectivity index (χ1) is 33.8. The van der Waals surface area contributed by atoms with E-state index in [9.17, 15) is 0 Å². The lowest BCUT2D eigenvalue weighted by Crippen LogP contribution is -1.94. The zero-order valence-electron chi connectivity index (χ0n) is 36.7. The van der Waals surface area contributed by atoms with Crippen LogP contribution in [0.15, 0.2) is 231 Å². The van der Waals surface area contributed by atoms with Crippen molar-refractivity contribution in [2.24, 2.45) is 0 Å². The predicted octanol–water partition coefficient (Wildman–Crippen LogP) is 16.9. The minimum absolute atomic E-state index is 1.12. The molecule has 4 heterocycles. The Balaban J connectivity index is 1.14. The summed E-state index contributed by atoms with van der Waals surface area (Å²) in [5.74, 6) is 0. The van der Waals surface area contributed by atoms with Crippen LogP contribution in [0.25, 0.3) is 142 Å². The molecule has 0 aliphatic heterocycles. The van der Waals surface area contributed by atoms with Crippen LogP contribution >= 0.6 is 0 Å². The molecule has 0 bridgehead atoms. The molecule has 4 aromatic heterocycles. The van der Waals surface area contributed by atoms with Crippen LogP contribution in [0.1, 0.15) is 0 Å². The molecule has 0 saturated carbocycles. The quantitative estimate of drug-likeness (QED) is 0.131. The standard InChI is InChI=1S/C64H38N4/c1-3-17-43(18-4-1)67-57-25-13-11-23-49(57)63-59(67)29-27-47-51-31-42-34-54(56-38-66-36-40-16-8-10-22-46(40)56)62-48(28-30-60-64(62)50-24-12-14-26-58(50)68(60)44-19-5-2-6-20-44)52(42)32-41(51)33-53(61(47)63)55-37-65-35-39-15-7-9-21-45(39)55/h1-38H. The Labute approximate surface area is 390 Å². The van der Waals surface area contributed by atoms with Crippen LogP contribution in [0.5, 0.6) is 0 Å². The van der Waals surface area contributed by atoms with Crippen molar-refractivity contribution >= 4 is 108 Å². The molecule has 4 nitrogen and oxygen atoms in total. The molecule has 0 unspecified atom stereocenters. The summed E-state index contributed by atoms with van der Waals surface area (Å²) in [5.41, 5.74) is 11.6. The van der Waals surface area contributed by atoms with Gasteiger partial charge in [0, 0.05) is 90.4 Å². The van der Waals surface area contributed by atoms with Crippen LogP contribution in [-0.4, -0.2) is 19.1 Å². The Morgan fingerprint density at radius 2 is 0.632 bits per heavy atom. The van der Waals surface area contributed by atoms with Gasteiger partial charge >= 0.3 is 0 Å². The van der Waals surface area contributed by atoms with E-state index in [2.05, 4.69) is 228 Å². The molecule has 0 saturated heterocycles. The van der Waals surface area contributed by atoms with E-state index in [-0.39, 0.29) is 0 Å². The largest absolute Gasteiger partial charge is 0.309 e. The van der Waals surface area contributed by atoms with E-state index >= 15 is 0 Å². The number of pyridine rings is 2. The van der Waals surface area contributed by atoms with E-state index in [4.69, 9.17) is 9.97 Å².